The van der Waals surface area contributed by atoms with E-state index in [1.165, 1.54) is 19.3 Å². The van der Waals surface area contributed by atoms with Gasteiger partial charge in [-0.15, -0.1) is 0 Å². The first-order chi connectivity index (χ1) is 8.97. The molecule has 5 heteroatoms. The SMILES string of the molecule is CCNS(=O)(=O)c1ccccc1NCC1(C)CCC1. The number of hydrogen-bond donors (Lipinski definition) is 2. The van der Waals surface area contributed by atoms with Gasteiger partial charge in [-0.2, -0.15) is 0 Å². The average molecular weight is 282 g/mol. The highest BCUT2D eigenvalue weighted by Crippen LogP contribution is 2.40. The third-order valence-electron chi connectivity index (χ3n) is 3.78. The summed E-state index contributed by atoms with van der Waals surface area (Å²) in [6.45, 7) is 5.24. The summed E-state index contributed by atoms with van der Waals surface area (Å²) < 4.78 is 26.8. The van der Waals surface area contributed by atoms with Crippen molar-refractivity contribution in [3.05, 3.63) is 24.3 Å². The first-order valence-corrected chi connectivity index (χ1v) is 8.28. The van der Waals surface area contributed by atoms with E-state index < -0.39 is 10.0 Å². The van der Waals surface area contributed by atoms with E-state index in [0.717, 1.165) is 6.54 Å². The Morgan fingerprint density at radius 2 is 1.95 bits per heavy atom. The molecule has 0 bridgehead atoms. The maximum absolute atomic E-state index is 12.1. The fraction of sp³-hybridized carbons (Fsp3) is 0.571. The minimum Gasteiger partial charge on any atom is -0.383 e. The van der Waals surface area contributed by atoms with Crippen LogP contribution in [0, 0.1) is 5.41 Å². The van der Waals surface area contributed by atoms with Gasteiger partial charge >= 0.3 is 0 Å². The van der Waals surface area contributed by atoms with E-state index in [-0.39, 0.29) is 0 Å². The van der Waals surface area contributed by atoms with Gasteiger partial charge in [-0.25, -0.2) is 13.1 Å². The van der Waals surface area contributed by atoms with Crippen molar-refractivity contribution < 1.29 is 8.42 Å². The van der Waals surface area contributed by atoms with E-state index in [9.17, 15) is 8.42 Å². The summed E-state index contributed by atoms with van der Waals surface area (Å²) in [6, 6.07) is 7.08. The van der Waals surface area contributed by atoms with Crippen LogP contribution in [0.5, 0.6) is 0 Å². The second-order valence-corrected chi connectivity index (χ2v) is 7.25. The molecule has 0 aromatic heterocycles. The number of anilines is 1. The third kappa shape index (κ3) is 3.28. The van der Waals surface area contributed by atoms with E-state index in [1.807, 2.05) is 12.1 Å². The Morgan fingerprint density at radius 3 is 2.53 bits per heavy atom. The second kappa shape index (κ2) is 5.51. The van der Waals surface area contributed by atoms with E-state index in [2.05, 4.69) is 17.0 Å². The molecule has 19 heavy (non-hydrogen) atoms. The molecular weight excluding hydrogens is 260 g/mol. The van der Waals surface area contributed by atoms with E-state index in [4.69, 9.17) is 0 Å². The molecule has 0 aliphatic heterocycles. The van der Waals surface area contributed by atoms with Crippen molar-refractivity contribution in [2.45, 2.75) is 38.0 Å². The maximum atomic E-state index is 12.1. The molecule has 0 amide bonds. The summed E-state index contributed by atoms with van der Waals surface area (Å²) in [7, 11) is -3.41. The van der Waals surface area contributed by atoms with Crippen molar-refractivity contribution in [1.82, 2.24) is 4.72 Å². The van der Waals surface area contributed by atoms with Gasteiger partial charge in [0.25, 0.3) is 0 Å². The zero-order valence-electron chi connectivity index (χ0n) is 11.6. The number of sulfonamides is 1. The van der Waals surface area contributed by atoms with Gasteiger partial charge in [0.2, 0.25) is 10.0 Å². The minimum atomic E-state index is -3.41. The molecule has 2 rings (SSSR count). The molecule has 1 aliphatic rings. The fourth-order valence-corrected chi connectivity index (χ4v) is 3.60. The lowest BCUT2D eigenvalue weighted by atomic mass is 9.70. The average Bonchev–Trinajstić information content (AvgIpc) is 2.34. The van der Waals surface area contributed by atoms with Crippen molar-refractivity contribution >= 4 is 15.7 Å². The Balaban J connectivity index is 2.16. The first-order valence-electron chi connectivity index (χ1n) is 6.79. The zero-order valence-corrected chi connectivity index (χ0v) is 12.4. The van der Waals surface area contributed by atoms with Gasteiger partial charge in [0, 0.05) is 13.1 Å². The molecular formula is C14H22N2O2S. The summed E-state index contributed by atoms with van der Waals surface area (Å²) in [5.41, 5.74) is 1.01. The number of rotatable bonds is 6. The molecule has 106 valence electrons. The normalized spacial score (nSPS) is 17.8. The first kappa shape index (κ1) is 14.3. The second-order valence-electron chi connectivity index (χ2n) is 5.52. The number of benzene rings is 1. The van der Waals surface area contributed by atoms with Crippen LogP contribution in [0.1, 0.15) is 33.1 Å². The lowest BCUT2D eigenvalue weighted by Crippen LogP contribution is -2.34. The largest absolute Gasteiger partial charge is 0.383 e. The van der Waals surface area contributed by atoms with E-state index in [0.29, 0.717) is 22.5 Å². The molecule has 4 nitrogen and oxygen atoms in total. The van der Waals surface area contributed by atoms with Gasteiger partial charge in [-0.3, -0.25) is 0 Å². The molecule has 0 spiro atoms. The number of hydrogen-bond acceptors (Lipinski definition) is 3. The topological polar surface area (TPSA) is 58.2 Å². The van der Waals surface area contributed by atoms with Crippen LogP contribution in [0.15, 0.2) is 29.2 Å². The van der Waals surface area contributed by atoms with Crippen molar-refractivity contribution in [1.29, 1.82) is 0 Å². The van der Waals surface area contributed by atoms with E-state index in [1.54, 1.807) is 19.1 Å². The Hall–Kier alpha value is -1.07. The smallest absolute Gasteiger partial charge is 0.242 e. The van der Waals surface area contributed by atoms with Gasteiger partial charge in [0.1, 0.15) is 4.90 Å². The summed E-state index contributed by atoms with van der Waals surface area (Å²) in [5, 5.41) is 3.30. The van der Waals surface area contributed by atoms with Gasteiger partial charge in [-0.05, 0) is 30.4 Å². The van der Waals surface area contributed by atoms with Crippen LogP contribution in [-0.2, 0) is 10.0 Å². The molecule has 1 saturated carbocycles. The minimum absolute atomic E-state index is 0.315. The summed E-state index contributed by atoms with van der Waals surface area (Å²) in [5.74, 6) is 0. The third-order valence-corrected chi connectivity index (χ3v) is 5.38. The quantitative estimate of drug-likeness (QED) is 0.843. The highest BCUT2D eigenvalue weighted by atomic mass is 32.2. The molecule has 1 aromatic carbocycles. The molecule has 2 N–H and O–H groups in total. The van der Waals surface area contributed by atoms with Gasteiger partial charge in [0.05, 0.1) is 5.69 Å². The fourth-order valence-electron chi connectivity index (χ4n) is 2.38. The van der Waals surface area contributed by atoms with Crippen LogP contribution < -0.4 is 10.0 Å². The molecule has 0 atom stereocenters. The predicted octanol–water partition coefficient (Wildman–Crippen LogP) is 2.59. The molecule has 1 fully saturated rings. The van der Waals surface area contributed by atoms with Crippen molar-refractivity contribution in [2.75, 3.05) is 18.4 Å². The summed E-state index contributed by atoms with van der Waals surface area (Å²) in [4.78, 5) is 0.333. The molecule has 0 radical (unpaired) electrons. The maximum Gasteiger partial charge on any atom is 0.242 e. The Bertz CT molecular complexity index is 536. The lowest BCUT2D eigenvalue weighted by Gasteiger charge is -2.38. The Kier molecular flexibility index (Phi) is 4.16. The van der Waals surface area contributed by atoms with Crippen LogP contribution in [0.25, 0.3) is 0 Å². The number of nitrogens with one attached hydrogen (secondary N) is 2. The van der Waals surface area contributed by atoms with Crippen LogP contribution in [-0.4, -0.2) is 21.5 Å². The van der Waals surface area contributed by atoms with Crippen LogP contribution in [0.4, 0.5) is 5.69 Å². The lowest BCUT2D eigenvalue weighted by molar-refractivity contribution is 0.180. The van der Waals surface area contributed by atoms with Crippen LogP contribution in [0.3, 0.4) is 0 Å². The number of para-hydroxylation sites is 1. The Labute approximate surface area is 115 Å². The Morgan fingerprint density at radius 1 is 1.26 bits per heavy atom. The van der Waals surface area contributed by atoms with Crippen molar-refractivity contribution in [3.8, 4) is 0 Å². The highest BCUT2D eigenvalue weighted by Gasteiger charge is 2.31. The molecule has 0 unspecified atom stereocenters. The molecule has 0 saturated heterocycles. The van der Waals surface area contributed by atoms with E-state index >= 15 is 0 Å². The van der Waals surface area contributed by atoms with Crippen molar-refractivity contribution in [2.24, 2.45) is 5.41 Å². The predicted molar refractivity (Wildman–Crippen MR) is 77.8 cm³/mol. The zero-order chi connectivity index (χ0) is 13.9. The van der Waals surface area contributed by atoms with Crippen molar-refractivity contribution in [3.63, 3.8) is 0 Å². The highest BCUT2D eigenvalue weighted by molar-refractivity contribution is 7.89. The van der Waals surface area contributed by atoms with Gasteiger partial charge in [0.15, 0.2) is 0 Å². The molecule has 1 aliphatic carbocycles. The molecule has 0 heterocycles. The van der Waals surface area contributed by atoms with Crippen LogP contribution >= 0.6 is 0 Å². The summed E-state index contributed by atoms with van der Waals surface area (Å²) >= 11 is 0. The molecule has 1 aromatic rings. The van der Waals surface area contributed by atoms with Gasteiger partial charge < -0.3 is 5.32 Å². The van der Waals surface area contributed by atoms with Crippen LogP contribution in [0.2, 0.25) is 0 Å². The van der Waals surface area contributed by atoms with Gasteiger partial charge in [-0.1, -0.05) is 32.4 Å². The summed E-state index contributed by atoms with van der Waals surface area (Å²) in [6.07, 6.45) is 3.69. The standard InChI is InChI=1S/C14H22N2O2S/c1-3-16-19(17,18)13-8-5-4-7-12(13)15-11-14(2)9-6-10-14/h4-5,7-8,15-16H,3,6,9-11H2,1-2H3. The monoisotopic (exact) mass is 282 g/mol.